The second-order valence-corrected chi connectivity index (χ2v) is 4.65. The summed E-state index contributed by atoms with van der Waals surface area (Å²) in [5, 5.41) is 4.01. The Morgan fingerprint density at radius 1 is 1.50 bits per heavy atom. The van der Waals surface area contributed by atoms with Gasteiger partial charge < -0.3 is 10.3 Å². The average Bonchev–Trinajstić information content (AvgIpc) is 2.60. The lowest BCUT2D eigenvalue weighted by atomic mass is 10.1. The molecule has 0 spiro atoms. The highest BCUT2D eigenvalue weighted by Crippen LogP contribution is 2.22. The van der Waals surface area contributed by atoms with Gasteiger partial charge in [-0.2, -0.15) is 0 Å². The molecule has 0 unspecified atom stereocenters. The lowest BCUT2D eigenvalue weighted by Gasteiger charge is -2.01. The molecule has 3 nitrogen and oxygen atoms in total. The zero-order valence-electron chi connectivity index (χ0n) is 9.01. The third kappa shape index (κ3) is 2.44. The van der Waals surface area contributed by atoms with E-state index in [9.17, 15) is 4.79 Å². The summed E-state index contributed by atoms with van der Waals surface area (Å²) in [5.41, 5.74) is 2.35. The summed E-state index contributed by atoms with van der Waals surface area (Å²) in [7, 11) is 0. The van der Waals surface area contributed by atoms with Gasteiger partial charge in [0.05, 0.1) is 0 Å². The minimum absolute atomic E-state index is 0.0163. The maximum Gasteiger partial charge on any atom is 0.216 e. The third-order valence-corrected chi connectivity index (χ3v) is 2.99. The molecule has 0 bridgehead atoms. The Kier molecular flexibility index (Phi) is 3.29. The SMILES string of the molecule is CC(=O)NCCc1c[nH]c2cc(Br)ccc12. The zero-order chi connectivity index (χ0) is 11.5. The van der Waals surface area contributed by atoms with Crippen LogP contribution in [0.5, 0.6) is 0 Å². The zero-order valence-corrected chi connectivity index (χ0v) is 10.6. The van der Waals surface area contributed by atoms with Gasteiger partial charge in [0.1, 0.15) is 0 Å². The van der Waals surface area contributed by atoms with Gasteiger partial charge in [-0.15, -0.1) is 0 Å². The van der Waals surface area contributed by atoms with E-state index in [1.165, 1.54) is 17.9 Å². The van der Waals surface area contributed by atoms with Gasteiger partial charge in [-0.1, -0.05) is 22.0 Å². The number of H-pyrrole nitrogens is 1. The van der Waals surface area contributed by atoms with E-state index in [2.05, 4.69) is 38.4 Å². The quantitative estimate of drug-likeness (QED) is 0.892. The molecule has 1 aromatic heterocycles. The molecular formula is C12H13BrN2O. The van der Waals surface area contributed by atoms with Crippen LogP contribution in [0.3, 0.4) is 0 Å². The number of aromatic nitrogens is 1. The van der Waals surface area contributed by atoms with E-state index in [4.69, 9.17) is 0 Å². The predicted molar refractivity (Wildman–Crippen MR) is 68.4 cm³/mol. The summed E-state index contributed by atoms with van der Waals surface area (Å²) in [6.07, 6.45) is 2.85. The molecule has 1 amide bonds. The van der Waals surface area contributed by atoms with Crippen molar-refractivity contribution in [1.29, 1.82) is 0 Å². The van der Waals surface area contributed by atoms with E-state index >= 15 is 0 Å². The minimum atomic E-state index is 0.0163. The van der Waals surface area contributed by atoms with Crippen LogP contribution >= 0.6 is 15.9 Å². The molecule has 1 heterocycles. The second kappa shape index (κ2) is 4.70. The van der Waals surface area contributed by atoms with Crippen molar-refractivity contribution in [2.24, 2.45) is 0 Å². The number of hydrogen-bond donors (Lipinski definition) is 2. The second-order valence-electron chi connectivity index (χ2n) is 3.74. The van der Waals surface area contributed by atoms with Crippen LogP contribution in [0.4, 0.5) is 0 Å². The Labute approximate surface area is 102 Å². The van der Waals surface area contributed by atoms with Crippen molar-refractivity contribution in [3.05, 3.63) is 34.4 Å². The van der Waals surface area contributed by atoms with Gasteiger partial charge in [-0.3, -0.25) is 4.79 Å². The van der Waals surface area contributed by atoms with Crippen molar-refractivity contribution in [2.75, 3.05) is 6.54 Å². The van der Waals surface area contributed by atoms with Crippen LogP contribution in [-0.2, 0) is 11.2 Å². The molecule has 0 aliphatic heterocycles. The maximum absolute atomic E-state index is 10.8. The van der Waals surface area contributed by atoms with E-state index in [1.54, 1.807) is 0 Å². The fourth-order valence-electron chi connectivity index (χ4n) is 1.74. The molecular weight excluding hydrogens is 268 g/mol. The Balaban J connectivity index is 2.15. The van der Waals surface area contributed by atoms with Crippen LogP contribution in [-0.4, -0.2) is 17.4 Å². The molecule has 0 saturated heterocycles. The highest BCUT2D eigenvalue weighted by Gasteiger charge is 2.03. The molecule has 2 aromatic rings. The number of fused-ring (bicyclic) bond motifs is 1. The number of rotatable bonds is 3. The van der Waals surface area contributed by atoms with Gasteiger partial charge in [-0.05, 0) is 24.1 Å². The lowest BCUT2D eigenvalue weighted by molar-refractivity contribution is -0.118. The van der Waals surface area contributed by atoms with Crippen LogP contribution in [0.15, 0.2) is 28.9 Å². The number of hydrogen-bond acceptors (Lipinski definition) is 1. The van der Waals surface area contributed by atoms with Crippen molar-refractivity contribution < 1.29 is 4.79 Å². The van der Waals surface area contributed by atoms with E-state index < -0.39 is 0 Å². The highest BCUT2D eigenvalue weighted by atomic mass is 79.9. The number of halogens is 1. The molecule has 0 radical (unpaired) electrons. The number of nitrogens with one attached hydrogen (secondary N) is 2. The molecule has 2 N–H and O–H groups in total. The summed E-state index contributed by atoms with van der Waals surface area (Å²) in [5.74, 6) is 0.0163. The van der Waals surface area contributed by atoms with Gasteiger partial charge in [0, 0.05) is 35.0 Å². The number of benzene rings is 1. The van der Waals surface area contributed by atoms with Crippen molar-refractivity contribution in [2.45, 2.75) is 13.3 Å². The summed E-state index contributed by atoms with van der Waals surface area (Å²) in [4.78, 5) is 14.0. The van der Waals surface area contributed by atoms with Crippen molar-refractivity contribution in [1.82, 2.24) is 10.3 Å². The Bertz CT molecular complexity index is 519. The summed E-state index contributed by atoms with van der Waals surface area (Å²) < 4.78 is 1.07. The Morgan fingerprint density at radius 2 is 2.31 bits per heavy atom. The van der Waals surface area contributed by atoms with Gasteiger partial charge in [0.15, 0.2) is 0 Å². The van der Waals surface area contributed by atoms with Crippen molar-refractivity contribution in [3.63, 3.8) is 0 Å². The van der Waals surface area contributed by atoms with E-state index in [-0.39, 0.29) is 5.91 Å². The topological polar surface area (TPSA) is 44.9 Å². The normalized spacial score (nSPS) is 10.6. The molecule has 0 aliphatic carbocycles. The maximum atomic E-state index is 10.8. The fourth-order valence-corrected chi connectivity index (χ4v) is 2.10. The molecule has 84 valence electrons. The molecule has 0 fully saturated rings. The largest absolute Gasteiger partial charge is 0.361 e. The molecule has 1 aromatic carbocycles. The first-order valence-corrected chi connectivity index (χ1v) is 5.96. The minimum Gasteiger partial charge on any atom is -0.361 e. The van der Waals surface area contributed by atoms with E-state index in [1.807, 2.05) is 12.3 Å². The first-order valence-electron chi connectivity index (χ1n) is 5.17. The first kappa shape index (κ1) is 11.2. The van der Waals surface area contributed by atoms with Crippen LogP contribution in [0.25, 0.3) is 10.9 Å². The Hall–Kier alpha value is -1.29. The average molecular weight is 281 g/mol. The van der Waals surface area contributed by atoms with E-state index in [0.29, 0.717) is 6.54 Å². The van der Waals surface area contributed by atoms with Crippen LogP contribution in [0.2, 0.25) is 0 Å². The number of aromatic amines is 1. The highest BCUT2D eigenvalue weighted by molar-refractivity contribution is 9.10. The number of carbonyl (C=O) groups is 1. The molecule has 0 saturated carbocycles. The lowest BCUT2D eigenvalue weighted by Crippen LogP contribution is -2.22. The third-order valence-electron chi connectivity index (χ3n) is 2.50. The summed E-state index contributed by atoms with van der Waals surface area (Å²) in [6, 6.07) is 6.16. The van der Waals surface area contributed by atoms with Gasteiger partial charge >= 0.3 is 0 Å². The van der Waals surface area contributed by atoms with Crippen molar-refractivity contribution in [3.8, 4) is 0 Å². The predicted octanol–water partition coefficient (Wildman–Crippen LogP) is 2.61. The molecule has 0 atom stereocenters. The molecule has 16 heavy (non-hydrogen) atoms. The molecule has 2 rings (SSSR count). The first-order chi connectivity index (χ1) is 7.66. The number of amides is 1. The monoisotopic (exact) mass is 280 g/mol. The van der Waals surface area contributed by atoms with Crippen molar-refractivity contribution >= 4 is 32.7 Å². The summed E-state index contributed by atoms with van der Waals surface area (Å²) in [6.45, 7) is 2.21. The van der Waals surface area contributed by atoms with Gasteiger partial charge in [-0.25, -0.2) is 0 Å². The number of carbonyl (C=O) groups excluding carboxylic acids is 1. The van der Waals surface area contributed by atoms with Crippen LogP contribution in [0.1, 0.15) is 12.5 Å². The standard InChI is InChI=1S/C12H13BrN2O/c1-8(16)14-5-4-9-7-15-12-6-10(13)2-3-11(9)12/h2-3,6-7,15H,4-5H2,1H3,(H,14,16). The molecule has 0 aliphatic rings. The van der Waals surface area contributed by atoms with Gasteiger partial charge in [0.2, 0.25) is 5.91 Å². The fraction of sp³-hybridized carbons (Fsp3) is 0.250. The summed E-state index contributed by atoms with van der Waals surface area (Å²) >= 11 is 3.44. The van der Waals surface area contributed by atoms with E-state index in [0.717, 1.165) is 16.4 Å². The van der Waals surface area contributed by atoms with Crippen LogP contribution in [0, 0.1) is 0 Å². The van der Waals surface area contributed by atoms with Gasteiger partial charge in [0.25, 0.3) is 0 Å². The Morgan fingerprint density at radius 3 is 3.06 bits per heavy atom. The molecule has 4 heteroatoms. The van der Waals surface area contributed by atoms with Crippen LogP contribution < -0.4 is 5.32 Å². The smallest absolute Gasteiger partial charge is 0.216 e.